The van der Waals surface area contributed by atoms with E-state index in [0.717, 1.165) is 0 Å². The summed E-state index contributed by atoms with van der Waals surface area (Å²) in [6.07, 6.45) is 0.258. The number of nitrogens with two attached hydrogens (primary N) is 1. The third kappa shape index (κ3) is 4.75. The molecule has 0 radical (unpaired) electrons. The molecule has 6 heteroatoms. The van der Waals surface area contributed by atoms with E-state index in [1.54, 1.807) is 11.4 Å². The van der Waals surface area contributed by atoms with Crippen molar-refractivity contribution in [2.75, 3.05) is 12.3 Å². The molecule has 1 aromatic rings. The van der Waals surface area contributed by atoms with Crippen LogP contribution >= 0.6 is 11.3 Å². The lowest BCUT2D eigenvalue weighted by Crippen LogP contribution is -2.41. The van der Waals surface area contributed by atoms with Gasteiger partial charge in [-0.05, 0) is 32.2 Å². The first kappa shape index (κ1) is 14.5. The summed E-state index contributed by atoms with van der Waals surface area (Å²) in [5.74, 6) is -0.312. The number of carbonyl (C=O) groups is 2. The van der Waals surface area contributed by atoms with Gasteiger partial charge in [-0.2, -0.15) is 0 Å². The second-order valence-corrected chi connectivity index (χ2v) is 5.93. The zero-order chi connectivity index (χ0) is 13.8. The molecule has 2 amide bonds. The van der Waals surface area contributed by atoms with Gasteiger partial charge in [-0.15, -0.1) is 11.3 Å². The van der Waals surface area contributed by atoms with Crippen LogP contribution in [0, 0.1) is 0 Å². The smallest absolute Gasteiger partial charge is 0.263 e. The maximum absolute atomic E-state index is 11.7. The highest BCUT2D eigenvalue weighted by molar-refractivity contribution is 7.12. The first-order chi connectivity index (χ1) is 8.29. The minimum Gasteiger partial charge on any atom is -0.397 e. The molecule has 1 rings (SSSR count). The molecule has 0 unspecified atom stereocenters. The second kappa shape index (κ2) is 5.86. The fraction of sp³-hybridized carbons (Fsp3) is 0.500. The van der Waals surface area contributed by atoms with Crippen LogP contribution in [0.15, 0.2) is 11.4 Å². The molecule has 0 saturated heterocycles. The molecule has 100 valence electrons. The predicted molar refractivity (Wildman–Crippen MR) is 73.6 cm³/mol. The van der Waals surface area contributed by atoms with E-state index in [9.17, 15) is 9.59 Å². The van der Waals surface area contributed by atoms with E-state index < -0.39 is 0 Å². The fourth-order valence-electron chi connectivity index (χ4n) is 1.35. The summed E-state index contributed by atoms with van der Waals surface area (Å²) in [6, 6.07) is 1.69. The number of nitrogens with one attached hydrogen (secondary N) is 2. The van der Waals surface area contributed by atoms with Gasteiger partial charge in [0.1, 0.15) is 4.88 Å². The average molecular weight is 269 g/mol. The Bertz CT molecular complexity index is 435. The van der Waals surface area contributed by atoms with Crippen LogP contribution in [-0.2, 0) is 4.79 Å². The van der Waals surface area contributed by atoms with E-state index in [1.165, 1.54) is 11.3 Å². The molecule has 0 spiro atoms. The minimum absolute atomic E-state index is 0.0815. The van der Waals surface area contributed by atoms with Crippen LogP contribution in [-0.4, -0.2) is 23.9 Å². The van der Waals surface area contributed by atoms with Crippen LogP contribution in [0.1, 0.15) is 36.9 Å². The number of carbonyl (C=O) groups excluding carboxylic acids is 2. The van der Waals surface area contributed by atoms with E-state index in [2.05, 4.69) is 10.6 Å². The topological polar surface area (TPSA) is 84.2 Å². The van der Waals surface area contributed by atoms with E-state index in [1.807, 2.05) is 20.8 Å². The first-order valence-electron chi connectivity index (χ1n) is 5.72. The summed E-state index contributed by atoms with van der Waals surface area (Å²) < 4.78 is 0. The van der Waals surface area contributed by atoms with Crippen molar-refractivity contribution in [3.8, 4) is 0 Å². The number of rotatable bonds is 4. The molecule has 4 N–H and O–H groups in total. The van der Waals surface area contributed by atoms with Gasteiger partial charge in [0.05, 0.1) is 5.69 Å². The van der Waals surface area contributed by atoms with Crippen molar-refractivity contribution in [2.45, 2.75) is 32.7 Å². The molecule has 0 aliphatic rings. The molecule has 0 aromatic carbocycles. The number of anilines is 1. The van der Waals surface area contributed by atoms with E-state index in [-0.39, 0.29) is 23.8 Å². The zero-order valence-corrected chi connectivity index (χ0v) is 11.7. The summed E-state index contributed by atoms with van der Waals surface area (Å²) in [6.45, 7) is 6.04. The SMILES string of the molecule is CC(C)(C)NC(=O)CCNC(=O)c1sccc1N. The Balaban J connectivity index is 2.33. The summed E-state index contributed by atoms with van der Waals surface area (Å²) in [5, 5.41) is 7.26. The molecular weight excluding hydrogens is 250 g/mol. The molecule has 5 nitrogen and oxygen atoms in total. The highest BCUT2D eigenvalue weighted by Gasteiger charge is 2.14. The van der Waals surface area contributed by atoms with Crippen molar-refractivity contribution in [1.82, 2.24) is 10.6 Å². The number of nitrogen functional groups attached to an aromatic ring is 1. The Hall–Kier alpha value is -1.56. The van der Waals surface area contributed by atoms with Gasteiger partial charge in [0.25, 0.3) is 5.91 Å². The highest BCUT2D eigenvalue weighted by Crippen LogP contribution is 2.18. The lowest BCUT2D eigenvalue weighted by molar-refractivity contribution is -0.122. The Morgan fingerprint density at radius 3 is 2.56 bits per heavy atom. The average Bonchev–Trinajstić information content (AvgIpc) is 2.61. The molecular formula is C12H19N3O2S. The maximum atomic E-state index is 11.7. The molecule has 0 atom stereocenters. The maximum Gasteiger partial charge on any atom is 0.263 e. The van der Waals surface area contributed by atoms with Crippen LogP contribution in [0.5, 0.6) is 0 Å². The van der Waals surface area contributed by atoms with E-state index in [0.29, 0.717) is 17.1 Å². The number of amides is 2. The van der Waals surface area contributed by atoms with E-state index in [4.69, 9.17) is 5.73 Å². The molecule has 0 bridgehead atoms. The second-order valence-electron chi connectivity index (χ2n) is 5.01. The summed E-state index contributed by atoms with van der Waals surface area (Å²) in [5.41, 5.74) is 5.84. The van der Waals surface area contributed by atoms with Crippen molar-refractivity contribution in [3.05, 3.63) is 16.3 Å². The minimum atomic E-state index is -0.251. The standard InChI is InChI=1S/C12H19N3O2S/c1-12(2,3)15-9(16)4-6-14-11(17)10-8(13)5-7-18-10/h5,7H,4,6,13H2,1-3H3,(H,14,17)(H,15,16). The van der Waals surface area contributed by atoms with Crippen LogP contribution in [0.4, 0.5) is 5.69 Å². The molecule has 0 aliphatic carbocycles. The van der Waals surface area contributed by atoms with Gasteiger partial charge in [-0.3, -0.25) is 9.59 Å². The number of thiophene rings is 1. The first-order valence-corrected chi connectivity index (χ1v) is 6.60. The van der Waals surface area contributed by atoms with Crippen LogP contribution in [0.3, 0.4) is 0 Å². The van der Waals surface area contributed by atoms with Gasteiger partial charge < -0.3 is 16.4 Å². The Labute approximate surface area is 111 Å². The summed E-state index contributed by atoms with van der Waals surface area (Å²) in [7, 11) is 0. The van der Waals surface area contributed by atoms with Crippen molar-refractivity contribution in [3.63, 3.8) is 0 Å². The van der Waals surface area contributed by atoms with Gasteiger partial charge in [0.15, 0.2) is 0 Å². The van der Waals surface area contributed by atoms with Crippen molar-refractivity contribution >= 4 is 28.8 Å². The lowest BCUT2D eigenvalue weighted by atomic mass is 10.1. The van der Waals surface area contributed by atoms with Gasteiger partial charge in [0, 0.05) is 18.5 Å². The molecule has 1 aromatic heterocycles. The van der Waals surface area contributed by atoms with Gasteiger partial charge in [0.2, 0.25) is 5.91 Å². The van der Waals surface area contributed by atoms with Crippen molar-refractivity contribution in [2.24, 2.45) is 0 Å². The zero-order valence-electron chi connectivity index (χ0n) is 10.9. The third-order valence-corrected chi connectivity index (χ3v) is 2.98. The largest absolute Gasteiger partial charge is 0.397 e. The van der Waals surface area contributed by atoms with Crippen LogP contribution in [0.25, 0.3) is 0 Å². The van der Waals surface area contributed by atoms with E-state index >= 15 is 0 Å². The normalized spacial score (nSPS) is 11.1. The lowest BCUT2D eigenvalue weighted by Gasteiger charge is -2.20. The molecule has 0 aliphatic heterocycles. The highest BCUT2D eigenvalue weighted by atomic mass is 32.1. The van der Waals surface area contributed by atoms with Crippen molar-refractivity contribution < 1.29 is 9.59 Å². The fourth-order valence-corrected chi connectivity index (χ4v) is 2.09. The van der Waals surface area contributed by atoms with Gasteiger partial charge in [-0.1, -0.05) is 0 Å². The molecule has 0 saturated carbocycles. The van der Waals surface area contributed by atoms with Gasteiger partial charge >= 0.3 is 0 Å². The number of hydrogen-bond acceptors (Lipinski definition) is 4. The molecule has 0 fully saturated rings. The van der Waals surface area contributed by atoms with Crippen molar-refractivity contribution in [1.29, 1.82) is 0 Å². The monoisotopic (exact) mass is 269 g/mol. The van der Waals surface area contributed by atoms with Gasteiger partial charge in [-0.25, -0.2) is 0 Å². The van der Waals surface area contributed by atoms with Crippen LogP contribution < -0.4 is 16.4 Å². The Kier molecular flexibility index (Phi) is 4.72. The number of hydrogen-bond donors (Lipinski definition) is 3. The molecule has 18 heavy (non-hydrogen) atoms. The van der Waals surface area contributed by atoms with Crippen LogP contribution in [0.2, 0.25) is 0 Å². The summed E-state index contributed by atoms with van der Waals surface area (Å²) >= 11 is 1.29. The Morgan fingerprint density at radius 2 is 2.06 bits per heavy atom. The summed E-state index contributed by atoms with van der Waals surface area (Å²) in [4.78, 5) is 23.7. The quantitative estimate of drug-likeness (QED) is 0.771. The Morgan fingerprint density at radius 1 is 1.39 bits per heavy atom. The third-order valence-electron chi connectivity index (χ3n) is 2.05. The predicted octanol–water partition coefficient (Wildman–Crippen LogP) is 1.36. The molecule has 1 heterocycles.